The van der Waals surface area contributed by atoms with Crippen molar-refractivity contribution in [1.82, 2.24) is 10.6 Å². The number of rotatable bonds is 5. The average molecular weight is 371 g/mol. The van der Waals surface area contributed by atoms with Gasteiger partial charge in [0, 0.05) is 23.4 Å². The van der Waals surface area contributed by atoms with Gasteiger partial charge in [0.25, 0.3) is 5.69 Å². The van der Waals surface area contributed by atoms with E-state index in [2.05, 4.69) is 10.6 Å². The van der Waals surface area contributed by atoms with E-state index in [9.17, 15) is 19.7 Å². The SMILES string of the molecule is CCOC(=O)C1=C(C)NC(=O)NC1c1ccc(-c2ccc([N+](=O)[O-])cc2)o1. The molecule has 3 rings (SSSR count). The number of nitrogens with one attached hydrogen (secondary N) is 2. The maximum atomic E-state index is 12.3. The largest absolute Gasteiger partial charge is 0.463 e. The van der Waals surface area contributed by atoms with Gasteiger partial charge < -0.3 is 19.8 Å². The van der Waals surface area contributed by atoms with Crippen LogP contribution < -0.4 is 10.6 Å². The molecule has 0 saturated carbocycles. The van der Waals surface area contributed by atoms with E-state index in [1.54, 1.807) is 38.1 Å². The van der Waals surface area contributed by atoms with E-state index in [0.717, 1.165) is 0 Å². The second-order valence-corrected chi connectivity index (χ2v) is 5.80. The Morgan fingerprint density at radius 1 is 1.26 bits per heavy atom. The summed E-state index contributed by atoms with van der Waals surface area (Å²) in [6.45, 7) is 3.50. The Hall–Kier alpha value is -3.62. The first-order valence-electron chi connectivity index (χ1n) is 8.20. The summed E-state index contributed by atoms with van der Waals surface area (Å²) < 4.78 is 10.9. The van der Waals surface area contributed by atoms with Gasteiger partial charge in [-0.2, -0.15) is 0 Å². The van der Waals surface area contributed by atoms with E-state index in [1.165, 1.54) is 12.1 Å². The fourth-order valence-corrected chi connectivity index (χ4v) is 2.80. The molecule has 9 nitrogen and oxygen atoms in total. The number of carbonyl (C=O) groups excluding carboxylic acids is 2. The second kappa shape index (κ2) is 7.32. The number of hydrogen-bond donors (Lipinski definition) is 2. The van der Waals surface area contributed by atoms with E-state index >= 15 is 0 Å². The smallest absolute Gasteiger partial charge is 0.338 e. The third-order valence-corrected chi connectivity index (χ3v) is 4.04. The number of amides is 2. The third-order valence-electron chi connectivity index (χ3n) is 4.04. The number of ether oxygens (including phenoxy) is 1. The molecule has 0 fully saturated rings. The zero-order valence-electron chi connectivity index (χ0n) is 14.6. The number of nitrogens with zero attached hydrogens (tertiary/aromatic N) is 1. The minimum atomic E-state index is -0.801. The minimum Gasteiger partial charge on any atom is -0.463 e. The van der Waals surface area contributed by atoms with Gasteiger partial charge in [-0.3, -0.25) is 10.1 Å². The molecule has 1 unspecified atom stereocenters. The zero-order chi connectivity index (χ0) is 19.6. The van der Waals surface area contributed by atoms with Gasteiger partial charge in [-0.15, -0.1) is 0 Å². The molecule has 0 aliphatic carbocycles. The molecular formula is C18H17N3O6. The highest BCUT2D eigenvalue weighted by molar-refractivity contribution is 5.94. The number of carbonyl (C=O) groups is 2. The molecule has 27 heavy (non-hydrogen) atoms. The Labute approximate surface area is 154 Å². The number of urea groups is 1. The molecule has 0 saturated heterocycles. The topological polar surface area (TPSA) is 124 Å². The maximum absolute atomic E-state index is 12.3. The van der Waals surface area contributed by atoms with E-state index in [1.807, 2.05) is 0 Å². The number of allylic oxidation sites excluding steroid dienone is 1. The maximum Gasteiger partial charge on any atom is 0.338 e. The minimum absolute atomic E-state index is 0.0284. The fourth-order valence-electron chi connectivity index (χ4n) is 2.80. The molecule has 0 radical (unpaired) electrons. The number of hydrogen-bond acceptors (Lipinski definition) is 6. The van der Waals surface area contributed by atoms with Crippen molar-refractivity contribution in [2.24, 2.45) is 0 Å². The molecule has 2 amide bonds. The van der Waals surface area contributed by atoms with E-state index in [4.69, 9.17) is 9.15 Å². The van der Waals surface area contributed by atoms with Crippen LogP contribution in [0.15, 0.2) is 52.1 Å². The highest BCUT2D eigenvalue weighted by atomic mass is 16.6. The quantitative estimate of drug-likeness (QED) is 0.473. The second-order valence-electron chi connectivity index (χ2n) is 5.80. The van der Waals surface area contributed by atoms with Crippen LogP contribution >= 0.6 is 0 Å². The Kier molecular flexibility index (Phi) is 4.93. The summed E-state index contributed by atoms with van der Waals surface area (Å²) in [6.07, 6.45) is 0. The van der Waals surface area contributed by atoms with Crippen molar-refractivity contribution < 1.29 is 23.7 Å². The van der Waals surface area contributed by atoms with Crippen LogP contribution in [0.2, 0.25) is 0 Å². The van der Waals surface area contributed by atoms with Crippen LogP contribution in [0.3, 0.4) is 0 Å². The molecule has 1 aliphatic rings. The molecule has 1 atom stereocenters. The predicted molar refractivity (Wildman–Crippen MR) is 94.5 cm³/mol. The summed E-state index contributed by atoms with van der Waals surface area (Å²) in [7, 11) is 0. The van der Waals surface area contributed by atoms with Crippen molar-refractivity contribution in [2.75, 3.05) is 6.61 Å². The van der Waals surface area contributed by atoms with Crippen molar-refractivity contribution in [3.63, 3.8) is 0 Å². The monoisotopic (exact) mass is 371 g/mol. The highest BCUT2D eigenvalue weighted by Crippen LogP contribution is 2.32. The number of furan rings is 1. The molecule has 0 spiro atoms. The van der Waals surface area contributed by atoms with Crippen molar-refractivity contribution in [3.05, 3.63) is 63.5 Å². The highest BCUT2D eigenvalue weighted by Gasteiger charge is 2.34. The Balaban J connectivity index is 1.93. The van der Waals surface area contributed by atoms with Crippen LogP contribution in [-0.4, -0.2) is 23.5 Å². The summed E-state index contributed by atoms with van der Waals surface area (Å²) in [5, 5.41) is 16.0. The Morgan fingerprint density at radius 2 is 1.96 bits per heavy atom. The van der Waals surface area contributed by atoms with E-state index < -0.39 is 23.0 Å². The van der Waals surface area contributed by atoms with Gasteiger partial charge in [0.2, 0.25) is 0 Å². The van der Waals surface area contributed by atoms with Crippen LogP contribution in [0.5, 0.6) is 0 Å². The lowest BCUT2D eigenvalue weighted by Crippen LogP contribution is -2.45. The number of nitro groups is 1. The average Bonchev–Trinajstić information content (AvgIpc) is 3.11. The predicted octanol–water partition coefficient (Wildman–Crippen LogP) is 3.05. The normalized spacial score (nSPS) is 16.5. The van der Waals surface area contributed by atoms with Crippen LogP contribution in [0.1, 0.15) is 25.6 Å². The molecule has 2 N–H and O–H groups in total. The number of benzene rings is 1. The molecule has 2 heterocycles. The summed E-state index contributed by atoms with van der Waals surface area (Å²) >= 11 is 0. The summed E-state index contributed by atoms with van der Waals surface area (Å²) in [5.74, 6) is 0.245. The number of non-ortho nitro benzene ring substituents is 1. The Bertz CT molecular complexity index is 929. The molecule has 9 heteroatoms. The summed E-state index contributed by atoms with van der Waals surface area (Å²) in [4.78, 5) is 34.4. The van der Waals surface area contributed by atoms with Gasteiger partial charge in [0.05, 0.1) is 17.1 Å². The van der Waals surface area contributed by atoms with Gasteiger partial charge in [-0.25, -0.2) is 9.59 Å². The van der Waals surface area contributed by atoms with Crippen LogP contribution in [0, 0.1) is 10.1 Å². The molecule has 140 valence electrons. The van der Waals surface area contributed by atoms with Crippen molar-refractivity contribution >= 4 is 17.7 Å². The molecule has 0 bridgehead atoms. The molecule has 1 aromatic carbocycles. The number of nitro benzene ring substituents is 1. The molecule has 1 aromatic heterocycles. The lowest BCUT2D eigenvalue weighted by atomic mass is 10.0. The summed E-state index contributed by atoms with van der Waals surface area (Å²) in [5.41, 5.74) is 1.24. The third kappa shape index (κ3) is 3.66. The van der Waals surface area contributed by atoms with Crippen LogP contribution in [-0.2, 0) is 9.53 Å². The fraction of sp³-hybridized carbons (Fsp3) is 0.222. The summed E-state index contributed by atoms with van der Waals surface area (Å²) in [6, 6.07) is 7.92. The standard InChI is InChI=1S/C18H17N3O6/c1-3-26-17(22)15-10(2)19-18(23)20-16(15)14-9-8-13(27-14)11-4-6-12(7-5-11)21(24)25/h4-9,16H,3H2,1-2H3,(H2,19,20,23). The lowest BCUT2D eigenvalue weighted by molar-refractivity contribution is -0.384. The molecular weight excluding hydrogens is 354 g/mol. The van der Waals surface area contributed by atoms with Crippen LogP contribution in [0.4, 0.5) is 10.5 Å². The lowest BCUT2D eigenvalue weighted by Gasteiger charge is -2.26. The first-order chi connectivity index (χ1) is 12.9. The van der Waals surface area contributed by atoms with Gasteiger partial charge in [0.15, 0.2) is 0 Å². The van der Waals surface area contributed by atoms with Gasteiger partial charge in [0.1, 0.15) is 17.6 Å². The first-order valence-corrected chi connectivity index (χ1v) is 8.20. The van der Waals surface area contributed by atoms with Crippen molar-refractivity contribution in [1.29, 1.82) is 0 Å². The van der Waals surface area contributed by atoms with Gasteiger partial charge >= 0.3 is 12.0 Å². The Morgan fingerprint density at radius 3 is 2.59 bits per heavy atom. The molecule has 2 aromatic rings. The van der Waals surface area contributed by atoms with Gasteiger partial charge in [-0.1, -0.05) is 0 Å². The number of esters is 1. The van der Waals surface area contributed by atoms with E-state index in [0.29, 0.717) is 22.8 Å². The zero-order valence-corrected chi connectivity index (χ0v) is 14.6. The van der Waals surface area contributed by atoms with Gasteiger partial charge in [-0.05, 0) is 38.1 Å². The van der Waals surface area contributed by atoms with Crippen molar-refractivity contribution in [2.45, 2.75) is 19.9 Å². The van der Waals surface area contributed by atoms with E-state index in [-0.39, 0.29) is 17.9 Å². The first kappa shape index (κ1) is 18.2. The van der Waals surface area contributed by atoms with Crippen LogP contribution in [0.25, 0.3) is 11.3 Å². The van der Waals surface area contributed by atoms with Crippen molar-refractivity contribution in [3.8, 4) is 11.3 Å². The molecule has 1 aliphatic heterocycles.